The number of hydrogen-bond acceptors (Lipinski definition) is 5. The van der Waals surface area contributed by atoms with Crippen molar-refractivity contribution in [1.82, 2.24) is 10.3 Å². The lowest BCUT2D eigenvalue weighted by molar-refractivity contribution is -0.118. The fourth-order valence-corrected chi connectivity index (χ4v) is 4.43. The van der Waals surface area contributed by atoms with Crippen molar-refractivity contribution in [3.05, 3.63) is 29.6 Å². The second kappa shape index (κ2) is 8.08. The number of nitrogens with zero attached hydrogens (tertiary/aromatic N) is 1. The molecule has 5 nitrogen and oxygen atoms in total. The molecule has 1 saturated carbocycles. The third-order valence-electron chi connectivity index (χ3n) is 5.22. The van der Waals surface area contributed by atoms with E-state index in [4.69, 9.17) is 0 Å². The zero-order valence-corrected chi connectivity index (χ0v) is 16.0. The number of amides is 1. The SMILES string of the molecule is Cl.O=C(Nc1nc(-c2ccccc2OC(F)F)cs1)C1CC12CCNCC2. The second-order valence-electron chi connectivity index (χ2n) is 6.77. The van der Waals surface area contributed by atoms with E-state index in [0.29, 0.717) is 16.4 Å². The number of carbonyl (C=O) groups excluding carboxylic acids is 1. The number of carbonyl (C=O) groups is 1. The van der Waals surface area contributed by atoms with Crippen LogP contribution in [0.15, 0.2) is 29.6 Å². The molecule has 146 valence electrons. The van der Waals surface area contributed by atoms with Gasteiger partial charge in [-0.25, -0.2) is 4.98 Å². The number of thiazole rings is 1. The summed E-state index contributed by atoms with van der Waals surface area (Å²) >= 11 is 1.28. The lowest BCUT2D eigenvalue weighted by Crippen LogP contribution is -2.31. The number of nitrogens with one attached hydrogen (secondary N) is 2. The number of rotatable bonds is 5. The predicted molar refractivity (Wildman–Crippen MR) is 103 cm³/mol. The monoisotopic (exact) mass is 415 g/mol. The van der Waals surface area contributed by atoms with E-state index in [-0.39, 0.29) is 35.4 Å². The highest BCUT2D eigenvalue weighted by Gasteiger charge is 2.57. The summed E-state index contributed by atoms with van der Waals surface area (Å²) in [5, 5.41) is 8.42. The Morgan fingerprint density at radius 2 is 2.07 bits per heavy atom. The van der Waals surface area contributed by atoms with Gasteiger partial charge < -0.3 is 15.4 Å². The molecule has 2 fully saturated rings. The molecule has 1 saturated heterocycles. The number of para-hydroxylation sites is 1. The third kappa shape index (κ3) is 4.23. The molecule has 0 bridgehead atoms. The molecule has 1 unspecified atom stereocenters. The van der Waals surface area contributed by atoms with Gasteiger partial charge in [0.2, 0.25) is 5.91 Å². The number of ether oxygens (including phenoxy) is 1. The number of hydrogen-bond donors (Lipinski definition) is 2. The molecule has 0 radical (unpaired) electrons. The predicted octanol–water partition coefficient (Wildman–Crippen LogP) is 4.16. The van der Waals surface area contributed by atoms with Crippen molar-refractivity contribution in [1.29, 1.82) is 0 Å². The molecule has 1 aliphatic heterocycles. The summed E-state index contributed by atoms with van der Waals surface area (Å²) in [6.45, 7) is -0.969. The highest BCUT2D eigenvalue weighted by molar-refractivity contribution is 7.14. The van der Waals surface area contributed by atoms with Gasteiger partial charge in [0.25, 0.3) is 0 Å². The lowest BCUT2D eigenvalue weighted by Gasteiger charge is -2.22. The van der Waals surface area contributed by atoms with E-state index < -0.39 is 6.61 Å². The average Bonchev–Trinajstić information content (AvgIpc) is 3.11. The molecule has 2 N–H and O–H groups in total. The number of alkyl halides is 2. The summed E-state index contributed by atoms with van der Waals surface area (Å²) in [4.78, 5) is 16.9. The topological polar surface area (TPSA) is 63.2 Å². The van der Waals surface area contributed by atoms with Crippen molar-refractivity contribution in [2.45, 2.75) is 25.9 Å². The molecule has 2 aliphatic rings. The van der Waals surface area contributed by atoms with E-state index in [2.05, 4.69) is 20.4 Å². The molecular weight excluding hydrogens is 396 g/mol. The van der Waals surface area contributed by atoms with Crippen LogP contribution in [-0.4, -0.2) is 30.6 Å². The maximum atomic E-state index is 12.6. The van der Waals surface area contributed by atoms with Crippen molar-refractivity contribution in [3.63, 3.8) is 0 Å². The number of halogens is 3. The van der Waals surface area contributed by atoms with Crippen LogP contribution in [0.25, 0.3) is 11.3 Å². The Labute approximate surface area is 165 Å². The minimum atomic E-state index is -2.90. The van der Waals surface area contributed by atoms with Crippen molar-refractivity contribution < 1.29 is 18.3 Å². The maximum Gasteiger partial charge on any atom is 0.387 e. The number of anilines is 1. The van der Waals surface area contributed by atoms with E-state index in [0.717, 1.165) is 32.4 Å². The van der Waals surface area contributed by atoms with Gasteiger partial charge in [-0.15, -0.1) is 23.7 Å². The normalized spacial score (nSPS) is 20.2. The van der Waals surface area contributed by atoms with Crippen LogP contribution in [0, 0.1) is 11.3 Å². The molecule has 1 amide bonds. The molecule has 1 spiro atoms. The van der Waals surface area contributed by atoms with Crippen molar-refractivity contribution in [3.8, 4) is 17.0 Å². The minimum absolute atomic E-state index is 0. The first-order valence-electron chi connectivity index (χ1n) is 8.59. The van der Waals surface area contributed by atoms with E-state index in [9.17, 15) is 13.6 Å². The highest BCUT2D eigenvalue weighted by Crippen LogP contribution is 2.58. The van der Waals surface area contributed by atoms with Gasteiger partial charge in [-0.1, -0.05) is 12.1 Å². The van der Waals surface area contributed by atoms with Crippen molar-refractivity contribution >= 4 is 34.8 Å². The van der Waals surface area contributed by atoms with E-state index >= 15 is 0 Å². The Kier molecular flexibility index (Phi) is 5.98. The standard InChI is InChI=1S/C18H19F2N3O2S.ClH/c19-16(20)25-14-4-2-1-3-11(14)13-10-26-17(22-13)23-15(24)12-9-18(12)5-7-21-8-6-18;/h1-4,10,12,16,21H,5-9H2,(H,22,23,24);1H. The molecule has 1 aliphatic carbocycles. The first-order chi connectivity index (χ1) is 12.6. The Balaban J connectivity index is 0.00000210. The molecule has 1 atom stereocenters. The summed E-state index contributed by atoms with van der Waals surface area (Å²) in [5.74, 6) is 0.123. The van der Waals surface area contributed by atoms with Crippen LogP contribution < -0.4 is 15.4 Å². The summed E-state index contributed by atoms with van der Waals surface area (Å²) in [7, 11) is 0. The zero-order valence-electron chi connectivity index (χ0n) is 14.4. The van der Waals surface area contributed by atoms with Crippen molar-refractivity contribution in [2.75, 3.05) is 18.4 Å². The fourth-order valence-electron chi connectivity index (χ4n) is 3.72. The van der Waals surface area contributed by atoms with Gasteiger partial charge in [-0.3, -0.25) is 4.79 Å². The Bertz CT molecular complexity index is 811. The molecular formula is C18H20ClF2N3O2S. The first kappa shape index (κ1) is 20.0. The van der Waals surface area contributed by atoms with E-state index in [1.54, 1.807) is 23.6 Å². The van der Waals surface area contributed by atoms with Crippen LogP contribution in [0.2, 0.25) is 0 Å². The molecule has 2 aromatic rings. The molecule has 27 heavy (non-hydrogen) atoms. The summed E-state index contributed by atoms with van der Waals surface area (Å²) in [6, 6.07) is 6.51. The molecule has 9 heteroatoms. The van der Waals surface area contributed by atoms with Crippen LogP contribution >= 0.6 is 23.7 Å². The van der Waals surface area contributed by atoms with E-state index in [1.807, 2.05) is 0 Å². The van der Waals surface area contributed by atoms with Gasteiger partial charge in [0, 0.05) is 16.9 Å². The van der Waals surface area contributed by atoms with Gasteiger partial charge in [0.15, 0.2) is 5.13 Å². The maximum absolute atomic E-state index is 12.6. The number of piperidine rings is 1. The van der Waals surface area contributed by atoms with Crippen LogP contribution in [-0.2, 0) is 4.79 Å². The highest BCUT2D eigenvalue weighted by atomic mass is 35.5. The third-order valence-corrected chi connectivity index (χ3v) is 5.98. The van der Waals surface area contributed by atoms with Gasteiger partial charge in [-0.2, -0.15) is 8.78 Å². The average molecular weight is 416 g/mol. The molecule has 4 rings (SSSR count). The van der Waals surface area contributed by atoms with Crippen LogP contribution in [0.1, 0.15) is 19.3 Å². The number of benzene rings is 1. The fraction of sp³-hybridized carbons (Fsp3) is 0.444. The molecule has 2 heterocycles. The summed E-state index contributed by atoms with van der Waals surface area (Å²) < 4.78 is 29.7. The summed E-state index contributed by atoms with van der Waals surface area (Å²) in [6.07, 6.45) is 3.00. The van der Waals surface area contributed by atoms with Crippen molar-refractivity contribution in [2.24, 2.45) is 11.3 Å². The first-order valence-corrected chi connectivity index (χ1v) is 9.47. The quantitative estimate of drug-likeness (QED) is 0.769. The van der Waals surface area contributed by atoms with Gasteiger partial charge in [0.1, 0.15) is 5.75 Å². The Hall–Kier alpha value is -1.77. The van der Waals surface area contributed by atoms with Crippen LogP contribution in [0.4, 0.5) is 13.9 Å². The second-order valence-corrected chi connectivity index (χ2v) is 7.63. The molecule has 1 aromatic carbocycles. The lowest BCUT2D eigenvalue weighted by atomic mass is 9.92. The van der Waals surface area contributed by atoms with Crippen LogP contribution in [0.5, 0.6) is 5.75 Å². The number of aromatic nitrogens is 1. The minimum Gasteiger partial charge on any atom is -0.434 e. The Morgan fingerprint density at radius 1 is 1.33 bits per heavy atom. The Morgan fingerprint density at radius 3 is 2.81 bits per heavy atom. The van der Waals surface area contributed by atoms with Crippen LogP contribution in [0.3, 0.4) is 0 Å². The largest absolute Gasteiger partial charge is 0.434 e. The zero-order chi connectivity index (χ0) is 18.1. The summed E-state index contributed by atoms with van der Waals surface area (Å²) in [5.41, 5.74) is 1.15. The van der Waals surface area contributed by atoms with Gasteiger partial charge in [-0.05, 0) is 49.9 Å². The smallest absolute Gasteiger partial charge is 0.387 e. The molecule has 1 aromatic heterocycles. The van der Waals surface area contributed by atoms with Gasteiger partial charge in [0.05, 0.1) is 5.69 Å². The van der Waals surface area contributed by atoms with Gasteiger partial charge >= 0.3 is 6.61 Å². The van der Waals surface area contributed by atoms with E-state index in [1.165, 1.54) is 17.4 Å².